The van der Waals surface area contributed by atoms with Crippen LogP contribution in [0.25, 0.3) is 10.4 Å². The maximum absolute atomic E-state index is 12.1. The predicted octanol–water partition coefficient (Wildman–Crippen LogP) is 3.84. The molecule has 21 heavy (non-hydrogen) atoms. The van der Waals surface area contributed by atoms with E-state index in [-0.39, 0.29) is 11.9 Å². The molecule has 0 spiro atoms. The van der Waals surface area contributed by atoms with Crippen LogP contribution in [-0.4, -0.2) is 18.5 Å². The number of nitrogens with two attached hydrogens (primary N) is 1. The minimum Gasteiger partial charge on any atom is -0.351 e. The molecule has 5 heteroatoms. The van der Waals surface area contributed by atoms with E-state index in [0.717, 1.165) is 22.4 Å². The lowest BCUT2D eigenvalue weighted by Crippen LogP contribution is -2.28. The van der Waals surface area contributed by atoms with Crippen LogP contribution in [0.2, 0.25) is 5.02 Å². The number of carbonyl (C=O) groups is 1. The first-order chi connectivity index (χ1) is 9.97. The second kappa shape index (κ2) is 7.07. The Kier molecular flexibility index (Phi) is 5.39. The number of hydrogen-bond acceptors (Lipinski definition) is 3. The molecule has 1 aromatic heterocycles. The summed E-state index contributed by atoms with van der Waals surface area (Å²) in [7, 11) is 0. The van der Waals surface area contributed by atoms with E-state index in [1.807, 2.05) is 44.2 Å². The van der Waals surface area contributed by atoms with Gasteiger partial charge in [0.15, 0.2) is 0 Å². The molecule has 0 saturated carbocycles. The molecule has 0 bridgehead atoms. The van der Waals surface area contributed by atoms with Gasteiger partial charge in [-0.3, -0.25) is 4.79 Å². The van der Waals surface area contributed by atoms with Crippen LogP contribution in [0.5, 0.6) is 0 Å². The van der Waals surface area contributed by atoms with Crippen LogP contribution in [0.15, 0.2) is 30.3 Å². The van der Waals surface area contributed by atoms with Crippen LogP contribution in [0.4, 0.5) is 0 Å². The zero-order valence-corrected chi connectivity index (χ0v) is 13.7. The van der Waals surface area contributed by atoms with Gasteiger partial charge in [0.1, 0.15) is 0 Å². The summed E-state index contributed by atoms with van der Waals surface area (Å²) in [6, 6.07) is 9.69. The van der Waals surface area contributed by atoms with Crippen LogP contribution < -0.4 is 11.1 Å². The number of nitrogens with one attached hydrogen (secondary N) is 1. The van der Waals surface area contributed by atoms with Crippen LogP contribution in [0, 0.1) is 6.92 Å². The zero-order chi connectivity index (χ0) is 15.4. The van der Waals surface area contributed by atoms with Crippen molar-refractivity contribution in [1.29, 1.82) is 0 Å². The fraction of sp³-hybridized carbons (Fsp3) is 0.312. The van der Waals surface area contributed by atoms with Gasteiger partial charge in [0, 0.05) is 22.5 Å². The van der Waals surface area contributed by atoms with Gasteiger partial charge in [0.05, 0.1) is 4.88 Å². The van der Waals surface area contributed by atoms with E-state index < -0.39 is 0 Å². The number of carbonyl (C=O) groups excluding carboxylic acids is 1. The molecule has 1 heterocycles. The summed E-state index contributed by atoms with van der Waals surface area (Å²) < 4.78 is 0. The van der Waals surface area contributed by atoms with Gasteiger partial charge in [-0.1, -0.05) is 23.7 Å². The van der Waals surface area contributed by atoms with Crippen molar-refractivity contribution in [1.82, 2.24) is 5.32 Å². The van der Waals surface area contributed by atoms with Crippen molar-refractivity contribution in [3.05, 3.63) is 45.8 Å². The van der Waals surface area contributed by atoms with E-state index >= 15 is 0 Å². The van der Waals surface area contributed by atoms with E-state index in [0.29, 0.717) is 16.4 Å². The summed E-state index contributed by atoms with van der Waals surface area (Å²) in [6.07, 6.45) is 0.775. The molecule has 3 nitrogen and oxygen atoms in total. The van der Waals surface area contributed by atoms with Gasteiger partial charge in [-0.25, -0.2) is 0 Å². The Morgan fingerprint density at radius 2 is 2.19 bits per heavy atom. The molecular weight excluding hydrogens is 304 g/mol. The smallest absolute Gasteiger partial charge is 0.261 e. The largest absolute Gasteiger partial charge is 0.351 e. The Hall–Kier alpha value is -1.36. The van der Waals surface area contributed by atoms with Gasteiger partial charge in [-0.2, -0.15) is 0 Å². The summed E-state index contributed by atoms with van der Waals surface area (Å²) in [4.78, 5) is 13.9. The van der Waals surface area contributed by atoms with Crippen LogP contribution in [0.3, 0.4) is 0 Å². The van der Waals surface area contributed by atoms with Crippen LogP contribution in [0.1, 0.15) is 28.6 Å². The Bertz CT molecular complexity index is 637. The van der Waals surface area contributed by atoms with Crippen molar-refractivity contribution in [3.63, 3.8) is 0 Å². The number of aryl methyl sites for hydroxylation is 1. The third kappa shape index (κ3) is 4.30. The summed E-state index contributed by atoms with van der Waals surface area (Å²) in [6.45, 7) is 4.53. The highest BCUT2D eigenvalue weighted by molar-refractivity contribution is 7.17. The highest BCUT2D eigenvalue weighted by atomic mass is 35.5. The number of hydrogen-bond donors (Lipinski definition) is 2. The lowest BCUT2D eigenvalue weighted by atomic mass is 10.1. The molecule has 2 aromatic rings. The van der Waals surface area contributed by atoms with E-state index in [9.17, 15) is 4.79 Å². The lowest BCUT2D eigenvalue weighted by molar-refractivity contribution is 0.0957. The third-order valence-corrected chi connectivity index (χ3v) is 4.63. The SMILES string of the molecule is Cc1cc(C(=O)NCCC(C)N)sc1-c1cccc(Cl)c1. The van der Waals surface area contributed by atoms with Gasteiger partial charge < -0.3 is 11.1 Å². The Balaban J connectivity index is 2.13. The molecule has 112 valence electrons. The van der Waals surface area contributed by atoms with Gasteiger partial charge in [-0.15, -0.1) is 11.3 Å². The topological polar surface area (TPSA) is 55.1 Å². The number of thiophene rings is 1. The minimum absolute atomic E-state index is 0.0444. The Labute approximate surface area is 134 Å². The first-order valence-corrected chi connectivity index (χ1v) is 8.07. The van der Waals surface area contributed by atoms with Crippen molar-refractivity contribution >= 4 is 28.8 Å². The summed E-state index contributed by atoms with van der Waals surface area (Å²) in [5, 5.41) is 3.60. The third-order valence-electron chi connectivity index (χ3n) is 3.11. The quantitative estimate of drug-likeness (QED) is 0.878. The summed E-state index contributed by atoms with van der Waals surface area (Å²) in [5.41, 5.74) is 7.80. The second-order valence-corrected chi connectivity index (χ2v) is 6.64. The molecule has 0 radical (unpaired) electrons. The number of halogens is 1. The van der Waals surface area contributed by atoms with Gasteiger partial charge in [0.2, 0.25) is 0 Å². The molecule has 0 fully saturated rings. The van der Waals surface area contributed by atoms with Crippen molar-refractivity contribution in [3.8, 4) is 10.4 Å². The molecule has 0 aliphatic heterocycles. The van der Waals surface area contributed by atoms with Crippen molar-refractivity contribution < 1.29 is 4.79 Å². The van der Waals surface area contributed by atoms with Crippen molar-refractivity contribution in [2.24, 2.45) is 5.73 Å². The van der Waals surface area contributed by atoms with Gasteiger partial charge in [-0.05, 0) is 49.6 Å². The number of benzene rings is 1. The molecule has 1 aromatic carbocycles. The molecule has 0 aliphatic rings. The maximum Gasteiger partial charge on any atom is 0.261 e. The Morgan fingerprint density at radius 3 is 2.86 bits per heavy atom. The molecular formula is C16H19ClN2OS. The molecule has 1 unspecified atom stereocenters. The highest BCUT2D eigenvalue weighted by Gasteiger charge is 2.13. The highest BCUT2D eigenvalue weighted by Crippen LogP contribution is 2.33. The zero-order valence-electron chi connectivity index (χ0n) is 12.2. The number of rotatable bonds is 5. The average Bonchev–Trinajstić information content (AvgIpc) is 2.80. The number of amides is 1. The maximum atomic E-state index is 12.1. The first-order valence-electron chi connectivity index (χ1n) is 6.87. The molecule has 0 saturated heterocycles. The normalized spacial score (nSPS) is 12.2. The van der Waals surface area contributed by atoms with E-state index in [4.69, 9.17) is 17.3 Å². The van der Waals surface area contributed by atoms with Crippen LogP contribution in [-0.2, 0) is 0 Å². The standard InChI is InChI=1S/C16H19ClN2OS/c1-10-8-14(16(20)19-7-6-11(2)18)21-15(10)12-4-3-5-13(17)9-12/h3-5,8-9,11H,6-7,18H2,1-2H3,(H,19,20). The monoisotopic (exact) mass is 322 g/mol. The molecule has 3 N–H and O–H groups in total. The average molecular weight is 323 g/mol. The van der Waals surface area contributed by atoms with Gasteiger partial charge >= 0.3 is 0 Å². The first kappa shape index (κ1) is 16.0. The van der Waals surface area contributed by atoms with Crippen molar-refractivity contribution in [2.75, 3.05) is 6.54 Å². The van der Waals surface area contributed by atoms with Crippen LogP contribution >= 0.6 is 22.9 Å². The summed E-state index contributed by atoms with van der Waals surface area (Å²) >= 11 is 7.51. The molecule has 2 rings (SSSR count). The fourth-order valence-corrected chi connectivity index (χ4v) is 3.29. The molecule has 0 aliphatic carbocycles. The van der Waals surface area contributed by atoms with E-state index in [2.05, 4.69) is 5.32 Å². The van der Waals surface area contributed by atoms with Gasteiger partial charge in [0.25, 0.3) is 5.91 Å². The fourth-order valence-electron chi connectivity index (χ4n) is 2.01. The Morgan fingerprint density at radius 1 is 1.43 bits per heavy atom. The van der Waals surface area contributed by atoms with E-state index in [1.165, 1.54) is 11.3 Å². The second-order valence-electron chi connectivity index (χ2n) is 5.15. The molecule has 1 atom stereocenters. The minimum atomic E-state index is -0.0444. The molecule has 1 amide bonds. The summed E-state index contributed by atoms with van der Waals surface area (Å²) in [5.74, 6) is -0.0444. The van der Waals surface area contributed by atoms with Crippen molar-refractivity contribution in [2.45, 2.75) is 26.3 Å². The lowest BCUT2D eigenvalue weighted by Gasteiger charge is -2.05. The van der Waals surface area contributed by atoms with E-state index in [1.54, 1.807) is 0 Å². The predicted molar refractivity (Wildman–Crippen MR) is 90.1 cm³/mol.